The molecule has 1 N–H and O–H groups in total. The third-order valence-electron chi connectivity index (χ3n) is 4.33. The summed E-state index contributed by atoms with van der Waals surface area (Å²) in [5, 5.41) is 10.0. The van der Waals surface area contributed by atoms with Gasteiger partial charge in [-0.1, -0.05) is 25.7 Å². The zero-order valence-electron chi connectivity index (χ0n) is 10.4. The highest BCUT2D eigenvalue weighted by Gasteiger charge is 2.20. The van der Waals surface area contributed by atoms with Crippen molar-refractivity contribution in [1.82, 2.24) is 0 Å². The summed E-state index contributed by atoms with van der Waals surface area (Å²) < 4.78 is 5.34. The molecule has 2 fully saturated rings. The summed E-state index contributed by atoms with van der Waals surface area (Å²) in [5.41, 5.74) is 0. The third kappa shape index (κ3) is 4.06. The molecule has 0 aromatic carbocycles. The van der Waals surface area contributed by atoms with Crippen LogP contribution in [0.1, 0.15) is 57.8 Å². The molecule has 0 spiro atoms. The first-order valence-electron chi connectivity index (χ1n) is 7.10. The first-order valence-corrected chi connectivity index (χ1v) is 7.10. The van der Waals surface area contributed by atoms with Gasteiger partial charge in [-0.15, -0.1) is 0 Å². The average Bonchev–Trinajstić information content (AvgIpc) is 2.81. The normalized spacial score (nSPS) is 26.1. The van der Waals surface area contributed by atoms with Crippen LogP contribution in [0.15, 0.2) is 0 Å². The van der Waals surface area contributed by atoms with E-state index < -0.39 is 0 Å². The van der Waals surface area contributed by atoms with Crippen LogP contribution in [0, 0.1) is 11.8 Å². The molecule has 1 unspecified atom stereocenters. The van der Waals surface area contributed by atoms with E-state index in [1.165, 1.54) is 32.1 Å². The van der Waals surface area contributed by atoms with E-state index in [4.69, 9.17) is 4.74 Å². The lowest BCUT2D eigenvalue weighted by Gasteiger charge is -2.24. The fraction of sp³-hybridized carbons (Fsp3) is 1.00. The van der Waals surface area contributed by atoms with Gasteiger partial charge in [-0.05, 0) is 43.9 Å². The van der Waals surface area contributed by atoms with Crippen LogP contribution >= 0.6 is 0 Å². The number of hydrogen-bond donors (Lipinski definition) is 1. The number of aliphatic hydroxyl groups excluding tert-OH is 1. The average molecular weight is 226 g/mol. The molecule has 2 nitrogen and oxygen atoms in total. The van der Waals surface area contributed by atoms with E-state index in [2.05, 4.69) is 0 Å². The van der Waals surface area contributed by atoms with E-state index in [1.54, 1.807) is 0 Å². The monoisotopic (exact) mass is 226 g/mol. The van der Waals surface area contributed by atoms with Gasteiger partial charge in [0, 0.05) is 13.2 Å². The molecule has 1 aliphatic carbocycles. The lowest BCUT2D eigenvalue weighted by molar-refractivity contribution is 0.0407. The van der Waals surface area contributed by atoms with Gasteiger partial charge in [-0.3, -0.25) is 0 Å². The molecule has 0 aromatic heterocycles. The summed E-state index contributed by atoms with van der Waals surface area (Å²) in [6.07, 6.45) is 11.2. The van der Waals surface area contributed by atoms with Gasteiger partial charge in [0.2, 0.25) is 0 Å². The molecule has 2 heteroatoms. The molecule has 2 rings (SSSR count). The molecule has 0 amide bonds. The molecular formula is C14H26O2. The highest BCUT2D eigenvalue weighted by molar-refractivity contribution is 4.72. The van der Waals surface area contributed by atoms with Crippen molar-refractivity contribution in [1.29, 1.82) is 0 Å². The fourth-order valence-corrected chi connectivity index (χ4v) is 3.21. The Kier molecular flexibility index (Phi) is 5.11. The van der Waals surface area contributed by atoms with Crippen LogP contribution in [-0.4, -0.2) is 24.4 Å². The SMILES string of the molecule is OC(CCC1CCCC1)CC1CCOCC1. The van der Waals surface area contributed by atoms with Crippen molar-refractivity contribution < 1.29 is 9.84 Å². The second-order valence-corrected chi connectivity index (χ2v) is 5.67. The quantitative estimate of drug-likeness (QED) is 0.780. The molecule has 94 valence electrons. The lowest BCUT2D eigenvalue weighted by atomic mass is 9.90. The predicted molar refractivity (Wildman–Crippen MR) is 65.4 cm³/mol. The number of rotatable bonds is 5. The summed E-state index contributed by atoms with van der Waals surface area (Å²) in [7, 11) is 0. The highest BCUT2D eigenvalue weighted by Crippen LogP contribution is 2.30. The summed E-state index contributed by atoms with van der Waals surface area (Å²) in [6.45, 7) is 1.81. The van der Waals surface area contributed by atoms with Gasteiger partial charge in [0.05, 0.1) is 6.10 Å². The van der Waals surface area contributed by atoms with E-state index in [0.29, 0.717) is 5.92 Å². The van der Waals surface area contributed by atoms with Gasteiger partial charge in [0.25, 0.3) is 0 Å². The lowest BCUT2D eigenvalue weighted by Crippen LogP contribution is -2.21. The molecule has 16 heavy (non-hydrogen) atoms. The summed E-state index contributed by atoms with van der Waals surface area (Å²) >= 11 is 0. The molecule has 2 aliphatic rings. The number of hydrogen-bond acceptors (Lipinski definition) is 2. The molecule has 0 radical (unpaired) electrons. The maximum atomic E-state index is 10.0. The Hall–Kier alpha value is -0.0800. The Morgan fingerprint density at radius 1 is 1.00 bits per heavy atom. The molecule has 1 atom stereocenters. The zero-order chi connectivity index (χ0) is 11.2. The van der Waals surface area contributed by atoms with Crippen molar-refractivity contribution >= 4 is 0 Å². The van der Waals surface area contributed by atoms with Crippen molar-refractivity contribution in [3.63, 3.8) is 0 Å². The van der Waals surface area contributed by atoms with Crippen LogP contribution in [-0.2, 0) is 4.74 Å². The Labute approximate surface area is 99.4 Å². The third-order valence-corrected chi connectivity index (χ3v) is 4.33. The number of ether oxygens (including phenoxy) is 1. The Balaban J connectivity index is 1.57. The summed E-state index contributed by atoms with van der Waals surface area (Å²) in [4.78, 5) is 0. The van der Waals surface area contributed by atoms with Gasteiger partial charge >= 0.3 is 0 Å². The van der Waals surface area contributed by atoms with Crippen molar-refractivity contribution in [2.75, 3.05) is 13.2 Å². The van der Waals surface area contributed by atoms with Crippen molar-refractivity contribution in [3.05, 3.63) is 0 Å². The van der Waals surface area contributed by atoms with Gasteiger partial charge in [0.1, 0.15) is 0 Å². The van der Waals surface area contributed by atoms with Crippen LogP contribution in [0.25, 0.3) is 0 Å². The minimum atomic E-state index is -0.0521. The van der Waals surface area contributed by atoms with E-state index in [9.17, 15) is 5.11 Å². The van der Waals surface area contributed by atoms with E-state index in [0.717, 1.165) is 44.8 Å². The van der Waals surface area contributed by atoms with Crippen LogP contribution in [0.2, 0.25) is 0 Å². The topological polar surface area (TPSA) is 29.5 Å². The van der Waals surface area contributed by atoms with Crippen LogP contribution in [0.4, 0.5) is 0 Å². The van der Waals surface area contributed by atoms with Gasteiger partial charge in [-0.2, -0.15) is 0 Å². The highest BCUT2D eigenvalue weighted by atomic mass is 16.5. The molecule has 0 aromatic rings. The molecular weight excluding hydrogens is 200 g/mol. The zero-order valence-corrected chi connectivity index (χ0v) is 10.4. The maximum Gasteiger partial charge on any atom is 0.0543 e. The Bertz CT molecular complexity index is 181. The predicted octanol–water partition coefficient (Wildman–Crippen LogP) is 3.13. The van der Waals surface area contributed by atoms with Gasteiger partial charge in [-0.25, -0.2) is 0 Å². The minimum absolute atomic E-state index is 0.0521. The Morgan fingerprint density at radius 3 is 2.38 bits per heavy atom. The second-order valence-electron chi connectivity index (χ2n) is 5.67. The first kappa shape index (κ1) is 12.4. The first-order chi connectivity index (χ1) is 7.84. The van der Waals surface area contributed by atoms with Crippen LogP contribution in [0.3, 0.4) is 0 Å². The molecule has 0 bridgehead atoms. The van der Waals surface area contributed by atoms with Crippen molar-refractivity contribution in [3.8, 4) is 0 Å². The smallest absolute Gasteiger partial charge is 0.0543 e. The minimum Gasteiger partial charge on any atom is -0.393 e. The van der Waals surface area contributed by atoms with Crippen molar-refractivity contribution in [2.45, 2.75) is 63.9 Å². The molecule has 1 saturated carbocycles. The fourth-order valence-electron chi connectivity index (χ4n) is 3.21. The standard InChI is InChI=1S/C14H26O2/c15-14(6-5-12-3-1-2-4-12)11-13-7-9-16-10-8-13/h12-15H,1-11H2. The van der Waals surface area contributed by atoms with Crippen molar-refractivity contribution in [2.24, 2.45) is 11.8 Å². The van der Waals surface area contributed by atoms with Crippen LogP contribution < -0.4 is 0 Å². The molecule has 1 heterocycles. The largest absolute Gasteiger partial charge is 0.393 e. The maximum absolute atomic E-state index is 10.0. The summed E-state index contributed by atoms with van der Waals surface area (Å²) in [5.74, 6) is 1.64. The molecule has 1 saturated heterocycles. The van der Waals surface area contributed by atoms with Gasteiger partial charge in [0.15, 0.2) is 0 Å². The van der Waals surface area contributed by atoms with E-state index in [1.807, 2.05) is 0 Å². The van der Waals surface area contributed by atoms with E-state index >= 15 is 0 Å². The molecule has 1 aliphatic heterocycles. The van der Waals surface area contributed by atoms with Crippen LogP contribution in [0.5, 0.6) is 0 Å². The Morgan fingerprint density at radius 2 is 1.69 bits per heavy atom. The number of aliphatic hydroxyl groups is 1. The van der Waals surface area contributed by atoms with Gasteiger partial charge < -0.3 is 9.84 Å². The second kappa shape index (κ2) is 6.61. The van der Waals surface area contributed by atoms with E-state index in [-0.39, 0.29) is 6.10 Å². The summed E-state index contributed by atoms with van der Waals surface area (Å²) in [6, 6.07) is 0.